The number of hydroxylamine groups is 2. The Morgan fingerprint density at radius 2 is 1.95 bits per heavy atom. The number of likely N-dealkylation sites (N-methyl/N-ethyl adjacent to an activating group) is 1. The minimum atomic E-state index is -1.20. The summed E-state index contributed by atoms with van der Waals surface area (Å²) in [5.41, 5.74) is 0.0383. The molecule has 0 aromatic heterocycles. The smallest absolute Gasteiger partial charge is 0.354 e. The zero-order valence-electron chi connectivity index (χ0n) is 25.4. The number of likely N-dealkylation sites (tertiary alicyclic amines) is 1. The first kappa shape index (κ1) is 35.3. The molecule has 0 spiro atoms. The van der Waals surface area contributed by atoms with Crippen LogP contribution in [-0.4, -0.2) is 88.1 Å². The normalized spacial score (nSPS) is 19.9. The first-order valence-electron chi connectivity index (χ1n) is 14.4. The number of terminal acetylenes is 1. The number of aliphatic hydroxyl groups excluding tert-OH is 1. The highest BCUT2D eigenvalue weighted by molar-refractivity contribution is 5.94. The fraction of sp³-hybridized carbons (Fsp3) is 0.733. The molecular formula is C30H50N4O6. The average molecular weight is 563 g/mol. The van der Waals surface area contributed by atoms with E-state index in [0.29, 0.717) is 19.3 Å². The highest BCUT2D eigenvalue weighted by Crippen LogP contribution is 2.23. The van der Waals surface area contributed by atoms with E-state index in [0.717, 1.165) is 25.8 Å². The molecule has 0 unspecified atom stereocenters. The highest BCUT2D eigenvalue weighted by atomic mass is 16.7. The molecule has 10 heteroatoms. The van der Waals surface area contributed by atoms with E-state index in [2.05, 4.69) is 16.2 Å². The summed E-state index contributed by atoms with van der Waals surface area (Å²) in [5, 5.41) is 24.6. The zero-order valence-corrected chi connectivity index (χ0v) is 25.4. The quantitative estimate of drug-likeness (QED) is 0.0864. The van der Waals surface area contributed by atoms with Crippen LogP contribution < -0.4 is 5.32 Å². The number of aliphatic hydroxyl groups is 1. The zero-order chi connectivity index (χ0) is 30.4. The van der Waals surface area contributed by atoms with Crippen LogP contribution in [0, 0.1) is 24.2 Å². The molecule has 0 bridgehead atoms. The lowest BCUT2D eigenvalue weighted by Gasteiger charge is -2.39. The molecule has 0 aromatic carbocycles. The van der Waals surface area contributed by atoms with Gasteiger partial charge in [0.1, 0.15) is 11.7 Å². The van der Waals surface area contributed by atoms with Crippen molar-refractivity contribution in [3.8, 4) is 12.3 Å². The number of allylic oxidation sites excluding steroid dienone is 1. The van der Waals surface area contributed by atoms with E-state index in [-0.39, 0.29) is 54.1 Å². The Balaban J connectivity index is 3.33. The van der Waals surface area contributed by atoms with Crippen molar-refractivity contribution >= 4 is 23.5 Å². The maximum atomic E-state index is 14.2. The van der Waals surface area contributed by atoms with Crippen molar-refractivity contribution in [3.05, 3.63) is 11.8 Å². The number of aliphatic imine (C=N–C) groups is 1. The molecule has 10 nitrogen and oxygen atoms in total. The number of nitrogens with one attached hydrogen (secondary N) is 1. The van der Waals surface area contributed by atoms with Gasteiger partial charge >= 0.3 is 5.97 Å². The van der Waals surface area contributed by atoms with Crippen LogP contribution in [0.2, 0.25) is 0 Å². The molecule has 1 rings (SSSR count). The van der Waals surface area contributed by atoms with Gasteiger partial charge < -0.3 is 15.5 Å². The first-order valence-corrected chi connectivity index (χ1v) is 14.4. The second kappa shape index (κ2) is 17.8. The van der Waals surface area contributed by atoms with Crippen LogP contribution in [0.4, 0.5) is 0 Å². The van der Waals surface area contributed by atoms with Gasteiger partial charge in [-0.25, -0.2) is 14.9 Å². The van der Waals surface area contributed by atoms with E-state index in [1.807, 2.05) is 39.6 Å². The van der Waals surface area contributed by atoms with Crippen LogP contribution in [0.25, 0.3) is 0 Å². The van der Waals surface area contributed by atoms with Gasteiger partial charge in [0.25, 0.3) is 5.91 Å². The Hall–Kier alpha value is -2.74. The molecule has 40 heavy (non-hydrogen) atoms. The summed E-state index contributed by atoms with van der Waals surface area (Å²) in [6, 6.07) is -1.71. The van der Waals surface area contributed by atoms with Crippen molar-refractivity contribution in [3.63, 3.8) is 0 Å². The molecule has 0 saturated carbocycles. The van der Waals surface area contributed by atoms with E-state index in [9.17, 15) is 24.6 Å². The van der Waals surface area contributed by atoms with Crippen molar-refractivity contribution in [2.45, 2.75) is 111 Å². The second-order valence-electron chi connectivity index (χ2n) is 11.0. The van der Waals surface area contributed by atoms with Gasteiger partial charge in [-0.3, -0.25) is 19.3 Å². The van der Waals surface area contributed by atoms with Gasteiger partial charge in [-0.1, -0.05) is 46.6 Å². The van der Waals surface area contributed by atoms with Crippen LogP contribution in [0.15, 0.2) is 16.8 Å². The number of carboxylic acids is 1. The number of carbonyl (C=O) groups is 3. The summed E-state index contributed by atoms with van der Waals surface area (Å²) in [4.78, 5) is 51.0. The summed E-state index contributed by atoms with van der Waals surface area (Å²) in [5.74, 6) is 0.495. The predicted molar refractivity (Wildman–Crippen MR) is 156 cm³/mol. The van der Waals surface area contributed by atoms with E-state index in [1.54, 1.807) is 13.8 Å². The van der Waals surface area contributed by atoms with Crippen LogP contribution in [0.3, 0.4) is 0 Å². The molecule has 3 N–H and O–H groups in total. The minimum Gasteiger partial charge on any atom is -0.477 e. The number of rotatable bonds is 16. The number of hydrogen-bond acceptors (Lipinski definition) is 7. The number of piperidine rings is 1. The lowest BCUT2D eigenvalue weighted by Crippen LogP contribution is -2.59. The summed E-state index contributed by atoms with van der Waals surface area (Å²) in [7, 11) is 1.92. The van der Waals surface area contributed by atoms with Gasteiger partial charge in [0, 0.05) is 18.6 Å². The molecular weight excluding hydrogens is 512 g/mol. The molecule has 1 saturated heterocycles. The third kappa shape index (κ3) is 10.7. The number of unbranched alkanes of at least 4 members (excludes halogenated alkanes) is 1. The number of carboxylic acid groups (broad SMARTS) is 1. The monoisotopic (exact) mass is 562 g/mol. The third-order valence-corrected chi connectivity index (χ3v) is 7.57. The minimum absolute atomic E-state index is 0.0665. The number of aliphatic carboxylic acids is 1. The van der Waals surface area contributed by atoms with Crippen LogP contribution in [-0.2, 0) is 19.2 Å². The van der Waals surface area contributed by atoms with E-state index in [4.69, 9.17) is 11.3 Å². The summed E-state index contributed by atoms with van der Waals surface area (Å²) in [6.07, 6.45) is 10.1. The van der Waals surface area contributed by atoms with Crippen LogP contribution in [0.1, 0.15) is 86.5 Å². The largest absolute Gasteiger partial charge is 0.477 e. The average Bonchev–Trinajstić information content (AvgIpc) is 2.92. The number of nitrogens with zero attached hydrogens (tertiary/aromatic N) is 3. The van der Waals surface area contributed by atoms with Crippen molar-refractivity contribution in [2.75, 3.05) is 20.2 Å². The van der Waals surface area contributed by atoms with Crippen LogP contribution in [0.5, 0.6) is 0 Å². The molecule has 0 aliphatic carbocycles. The summed E-state index contributed by atoms with van der Waals surface area (Å²) < 4.78 is 0. The van der Waals surface area contributed by atoms with Gasteiger partial charge in [0.05, 0.1) is 24.8 Å². The molecule has 5 atom stereocenters. The number of carbonyl (C=O) groups excluding carboxylic acids is 2. The molecule has 1 heterocycles. The number of hydrogen-bond donors (Lipinski definition) is 3. The Morgan fingerprint density at radius 1 is 1.27 bits per heavy atom. The molecule has 1 aliphatic rings. The predicted octanol–water partition coefficient (Wildman–Crippen LogP) is 3.40. The second-order valence-corrected chi connectivity index (χ2v) is 11.0. The lowest BCUT2D eigenvalue weighted by atomic mass is 9.92. The summed E-state index contributed by atoms with van der Waals surface area (Å²) >= 11 is 0. The Labute approximate surface area is 240 Å². The maximum Gasteiger partial charge on any atom is 0.354 e. The fourth-order valence-corrected chi connectivity index (χ4v) is 4.67. The number of amides is 2. The van der Waals surface area contributed by atoms with Gasteiger partial charge in [0.15, 0.2) is 0 Å². The van der Waals surface area contributed by atoms with Crippen molar-refractivity contribution in [1.82, 2.24) is 15.3 Å². The fourth-order valence-electron chi connectivity index (χ4n) is 4.67. The van der Waals surface area contributed by atoms with Crippen molar-refractivity contribution in [1.29, 1.82) is 0 Å². The van der Waals surface area contributed by atoms with Crippen molar-refractivity contribution < 1.29 is 29.4 Å². The molecule has 2 amide bonds. The van der Waals surface area contributed by atoms with E-state index >= 15 is 0 Å². The topological polar surface area (TPSA) is 132 Å². The molecule has 0 aromatic rings. The Morgan fingerprint density at radius 3 is 2.48 bits per heavy atom. The van der Waals surface area contributed by atoms with Crippen LogP contribution >= 0.6 is 0 Å². The molecule has 226 valence electrons. The Bertz CT molecular complexity index is 941. The SMILES string of the molecule is C#CCCCON(C(=O)[C@@H](NC(=O)[C@H]1CCCCN1C)[C@@H](C)CC)[C@H](C[C@@H](O)C(C)=N/C(=C\C)C(=O)O)C(C)C. The first-order chi connectivity index (χ1) is 18.9. The van der Waals surface area contributed by atoms with Gasteiger partial charge in [0.2, 0.25) is 5.91 Å². The Kier molecular flexibility index (Phi) is 15.7. The van der Waals surface area contributed by atoms with Crippen molar-refractivity contribution in [2.24, 2.45) is 16.8 Å². The maximum absolute atomic E-state index is 14.2. The molecule has 1 fully saturated rings. The molecule has 0 radical (unpaired) electrons. The lowest BCUT2D eigenvalue weighted by molar-refractivity contribution is -0.211. The standard InChI is InChI=1S/C30H50N4O6/c1-9-12-15-18-40-34(25(20(4)5)19-26(35)22(7)31-23(11-3)30(38)39)29(37)27(21(6)10-2)32-28(36)24-16-13-14-17-33(24)8/h1,11,20-21,24-27,35H,10,12-19H2,2-8H3,(H,32,36)(H,38,39)/b23-11-,31-22?/t21-,24+,25+,26+,27-/m0/s1. The van der Waals surface area contributed by atoms with Gasteiger partial charge in [-0.05, 0) is 58.5 Å². The van der Waals surface area contributed by atoms with E-state index in [1.165, 1.54) is 11.1 Å². The molecule has 1 aliphatic heterocycles. The summed E-state index contributed by atoms with van der Waals surface area (Å²) in [6.45, 7) is 11.8. The van der Waals surface area contributed by atoms with E-state index < -0.39 is 24.2 Å². The van der Waals surface area contributed by atoms with Gasteiger partial charge in [-0.2, -0.15) is 0 Å². The highest BCUT2D eigenvalue weighted by Gasteiger charge is 2.38. The van der Waals surface area contributed by atoms with Gasteiger partial charge in [-0.15, -0.1) is 12.3 Å². The third-order valence-electron chi connectivity index (χ3n) is 7.57.